The van der Waals surface area contributed by atoms with E-state index in [1.54, 1.807) is 14.2 Å². The Kier molecular flexibility index (Phi) is 4.39. The predicted molar refractivity (Wildman–Crippen MR) is 86.1 cm³/mol. The van der Waals surface area contributed by atoms with E-state index < -0.39 is 0 Å². The highest BCUT2D eigenvalue weighted by Crippen LogP contribution is 2.37. The molecule has 5 heteroatoms. The molecule has 0 saturated carbocycles. The van der Waals surface area contributed by atoms with Crippen molar-refractivity contribution in [3.8, 4) is 11.5 Å². The molecule has 0 radical (unpaired) electrons. The summed E-state index contributed by atoms with van der Waals surface area (Å²) in [5.74, 6) is 1.53. The normalized spacial score (nSPS) is 10.2. The third-order valence-electron chi connectivity index (χ3n) is 3.06. The summed E-state index contributed by atoms with van der Waals surface area (Å²) in [5.41, 5.74) is 9.28. The van der Waals surface area contributed by atoms with Gasteiger partial charge in [-0.05, 0) is 37.3 Å². The smallest absolute Gasteiger partial charge is 0.148 e. The summed E-state index contributed by atoms with van der Waals surface area (Å²) < 4.78 is 11.7. The number of nitrogen functional groups attached to an aromatic ring is 1. The van der Waals surface area contributed by atoms with Crippen molar-refractivity contribution in [2.24, 2.45) is 0 Å². The molecule has 0 aliphatic rings. The van der Waals surface area contributed by atoms with Crippen molar-refractivity contribution < 1.29 is 9.47 Å². The van der Waals surface area contributed by atoms with Crippen molar-refractivity contribution in [3.63, 3.8) is 0 Å². The number of hydrogen-bond donors (Lipinski definition) is 2. The van der Waals surface area contributed by atoms with Crippen molar-refractivity contribution in [1.29, 1.82) is 0 Å². The van der Waals surface area contributed by atoms with Crippen LogP contribution < -0.4 is 20.5 Å². The Morgan fingerprint density at radius 2 is 1.75 bits per heavy atom. The molecule has 2 aromatic rings. The van der Waals surface area contributed by atoms with Gasteiger partial charge in [0.25, 0.3) is 0 Å². The first-order chi connectivity index (χ1) is 9.56. The third-order valence-corrected chi connectivity index (χ3v) is 3.56. The summed E-state index contributed by atoms with van der Waals surface area (Å²) in [7, 11) is 3.28. The van der Waals surface area contributed by atoms with Crippen LogP contribution in [0.2, 0.25) is 0 Å². The Bertz CT molecular complexity index is 630. The van der Waals surface area contributed by atoms with E-state index in [0.717, 1.165) is 32.9 Å². The topological polar surface area (TPSA) is 56.5 Å². The van der Waals surface area contributed by atoms with Gasteiger partial charge in [-0.2, -0.15) is 0 Å². The molecule has 0 unspecified atom stereocenters. The number of halogens is 1. The first-order valence-corrected chi connectivity index (χ1v) is 6.89. The molecule has 0 bridgehead atoms. The predicted octanol–water partition coefficient (Wildman–Crippen LogP) is 4.10. The lowest BCUT2D eigenvalue weighted by Gasteiger charge is -2.16. The van der Waals surface area contributed by atoms with Crippen LogP contribution in [0, 0.1) is 6.92 Å². The van der Waals surface area contributed by atoms with E-state index >= 15 is 0 Å². The molecule has 0 saturated heterocycles. The number of ether oxygens (including phenoxy) is 2. The Morgan fingerprint density at radius 3 is 2.35 bits per heavy atom. The van der Waals surface area contributed by atoms with Crippen LogP contribution in [0.3, 0.4) is 0 Å². The van der Waals surface area contributed by atoms with Gasteiger partial charge in [-0.15, -0.1) is 0 Å². The highest BCUT2D eigenvalue weighted by atomic mass is 79.9. The molecule has 0 aliphatic carbocycles. The molecule has 0 aromatic heterocycles. The number of rotatable bonds is 4. The molecule has 0 spiro atoms. The standard InChI is InChI=1S/C15H17BrN2O2/c1-9-14(19-2)7-6-13(15(9)20-3)18-12-5-4-10(16)8-11(12)17/h4-8,18H,17H2,1-3H3. The first kappa shape index (κ1) is 14.5. The van der Waals surface area contributed by atoms with Crippen molar-refractivity contribution in [2.45, 2.75) is 6.92 Å². The Morgan fingerprint density at radius 1 is 1.05 bits per heavy atom. The second-order valence-corrected chi connectivity index (χ2v) is 5.25. The van der Waals surface area contributed by atoms with Crippen LogP contribution in [0.25, 0.3) is 0 Å². The monoisotopic (exact) mass is 336 g/mol. The van der Waals surface area contributed by atoms with Crippen LogP contribution in [0.15, 0.2) is 34.8 Å². The van der Waals surface area contributed by atoms with Crippen molar-refractivity contribution in [3.05, 3.63) is 40.4 Å². The summed E-state index contributed by atoms with van der Waals surface area (Å²) >= 11 is 3.39. The molecule has 4 nitrogen and oxygen atoms in total. The van der Waals surface area contributed by atoms with Gasteiger partial charge in [-0.1, -0.05) is 15.9 Å². The van der Waals surface area contributed by atoms with Crippen LogP contribution >= 0.6 is 15.9 Å². The molecule has 2 aromatic carbocycles. The molecule has 0 aliphatic heterocycles. The number of nitrogens with two attached hydrogens (primary N) is 1. The van der Waals surface area contributed by atoms with Crippen LogP contribution in [-0.2, 0) is 0 Å². The van der Waals surface area contributed by atoms with Gasteiger partial charge in [0, 0.05) is 10.0 Å². The van der Waals surface area contributed by atoms with Gasteiger partial charge in [-0.3, -0.25) is 0 Å². The molecule has 3 N–H and O–H groups in total. The van der Waals surface area contributed by atoms with E-state index in [1.165, 1.54) is 0 Å². The quantitative estimate of drug-likeness (QED) is 0.825. The summed E-state index contributed by atoms with van der Waals surface area (Å²) in [6.45, 7) is 1.95. The maximum absolute atomic E-state index is 6.00. The zero-order chi connectivity index (χ0) is 14.7. The van der Waals surface area contributed by atoms with E-state index in [2.05, 4.69) is 21.2 Å². The minimum Gasteiger partial charge on any atom is -0.496 e. The van der Waals surface area contributed by atoms with Crippen molar-refractivity contribution >= 4 is 33.0 Å². The van der Waals surface area contributed by atoms with E-state index in [0.29, 0.717) is 5.69 Å². The van der Waals surface area contributed by atoms with Crippen LogP contribution in [0.5, 0.6) is 11.5 Å². The molecule has 2 rings (SSSR count). The minimum atomic E-state index is 0.662. The number of benzene rings is 2. The number of nitrogens with one attached hydrogen (secondary N) is 1. The summed E-state index contributed by atoms with van der Waals surface area (Å²) in [4.78, 5) is 0. The van der Waals surface area contributed by atoms with Crippen LogP contribution in [0.4, 0.5) is 17.1 Å². The molecular weight excluding hydrogens is 320 g/mol. The molecular formula is C15H17BrN2O2. The fraction of sp³-hybridized carbons (Fsp3) is 0.200. The Labute approximate surface area is 127 Å². The first-order valence-electron chi connectivity index (χ1n) is 6.10. The van der Waals surface area contributed by atoms with Gasteiger partial charge >= 0.3 is 0 Å². The second-order valence-electron chi connectivity index (χ2n) is 4.33. The molecule has 0 amide bonds. The van der Waals surface area contributed by atoms with Gasteiger partial charge in [0.15, 0.2) is 0 Å². The maximum atomic E-state index is 6.00. The van der Waals surface area contributed by atoms with Gasteiger partial charge in [0.05, 0.1) is 31.3 Å². The van der Waals surface area contributed by atoms with E-state index in [-0.39, 0.29) is 0 Å². The fourth-order valence-corrected chi connectivity index (χ4v) is 2.43. The SMILES string of the molecule is COc1ccc(Nc2ccc(Br)cc2N)c(OC)c1C. The lowest BCUT2D eigenvalue weighted by molar-refractivity contribution is 0.390. The van der Waals surface area contributed by atoms with Crippen molar-refractivity contribution in [1.82, 2.24) is 0 Å². The molecule has 20 heavy (non-hydrogen) atoms. The van der Waals surface area contributed by atoms with E-state index in [1.807, 2.05) is 37.3 Å². The van der Waals surface area contributed by atoms with Crippen molar-refractivity contribution in [2.75, 3.05) is 25.3 Å². The number of anilines is 3. The van der Waals surface area contributed by atoms with E-state index in [9.17, 15) is 0 Å². The van der Waals surface area contributed by atoms with Gasteiger partial charge < -0.3 is 20.5 Å². The zero-order valence-electron chi connectivity index (χ0n) is 11.7. The molecule has 106 valence electrons. The largest absolute Gasteiger partial charge is 0.496 e. The van der Waals surface area contributed by atoms with Gasteiger partial charge in [0.1, 0.15) is 11.5 Å². The lowest BCUT2D eigenvalue weighted by atomic mass is 10.1. The third kappa shape index (κ3) is 2.82. The number of methoxy groups -OCH3 is 2. The summed E-state index contributed by atoms with van der Waals surface area (Å²) in [6, 6.07) is 9.51. The van der Waals surface area contributed by atoms with Gasteiger partial charge in [-0.25, -0.2) is 0 Å². The highest BCUT2D eigenvalue weighted by Gasteiger charge is 2.12. The molecule has 0 fully saturated rings. The maximum Gasteiger partial charge on any atom is 0.148 e. The van der Waals surface area contributed by atoms with Crippen LogP contribution in [0.1, 0.15) is 5.56 Å². The van der Waals surface area contributed by atoms with Crippen LogP contribution in [-0.4, -0.2) is 14.2 Å². The Balaban J connectivity index is 2.40. The minimum absolute atomic E-state index is 0.662. The fourth-order valence-electron chi connectivity index (χ4n) is 2.05. The zero-order valence-corrected chi connectivity index (χ0v) is 13.2. The number of hydrogen-bond acceptors (Lipinski definition) is 4. The second kappa shape index (κ2) is 6.05. The summed E-state index contributed by atoms with van der Waals surface area (Å²) in [5, 5.41) is 3.28. The van der Waals surface area contributed by atoms with Gasteiger partial charge in [0.2, 0.25) is 0 Å². The average Bonchev–Trinajstić information content (AvgIpc) is 2.42. The summed E-state index contributed by atoms with van der Waals surface area (Å²) in [6.07, 6.45) is 0. The lowest BCUT2D eigenvalue weighted by Crippen LogP contribution is -2.00. The van der Waals surface area contributed by atoms with E-state index in [4.69, 9.17) is 15.2 Å². The highest BCUT2D eigenvalue weighted by molar-refractivity contribution is 9.10. The average molecular weight is 337 g/mol. The Hall–Kier alpha value is -1.88. The molecule has 0 heterocycles. The molecule has 0 atom stereocenters.